The number of nitrogens with zero attached hydrogens (tertiary/aromatic N) is 1. The number of halogens is 3. The molecule has 0 spiro atoms. The SMILES string of the molecule is COc1cc2ccccc2cc1C(=O)N/N=C\c1cc(Br)c(OCc2ccc(Cl)c(Cl)c2)c(OC)c1. The van der Waals surface area contributed by atoms with Crippen LogP contribution in [0.1, 0.15) is 21.5 Å². The quantitative estimate of drug-likeness (QED) is 0.174. The Balaban J connectivity index is 1.48. The minimum absolute atomic E-state index is 0.267. The number of fused-ring (bicyclic) bond motifs is 1. The summed E-state index contributed by atoms with van der Waals surface area (Å²) in [7, 11) is 3.07. The molecule has 4 aromatic rings. The van der Waals surface area contributed by atoms with E-state index in [0.717, 1.165) is 16.3 Å². The van der Waals surface area contributed by atoms with Gasteiger partial charge >= 0.3 is 0 Å². The number of benzene rings is 4. The second-order valence-corrected chi connectivity index (χ2v) is 9.34. The van der Waals surface area contributed by atoms with Crippen molar-refractivity contribution in [1.29, 1.82) is 0 Å². The van der Waals surface area contributed by atoms with Gasteiger partial charge in [-0.05, 0) is 74.2 Å². The molecule has 0 fully saturated rings. The highest BCUT2D eigenvalue weighted by Gasteiger charge is 2.14. The molecule has 1 amide bonds. The molecule has 0 aliphatic carbocycles. The van der Waals surface area contributed by atoms with Gasteiger partial charge in [0.15, 0.2) is 11.5 Å². The zero-order valence-corrected chi connectivity index (χ0v) is 22.4. The van der Waals surface area contributed by atoms with Crippen molar-refractivity contribution >= 4 is 62.0 Å². The van der Waals surface area contributed by atoms with Crippen molar-refractivity contribution < 1.29 is 19.0 Å². The minimum Gasteiger partial charge on any atom is -0.496 e. The monoisotopic (exact) mass is 586 g/mol. The van der Waals surface area contributed by atoms with Crippen molar-refractivity contribution in [2.24, 2.45) is 5.10 Å². The molecule has 6 nitrogen and oxygen atoms in total. The van der Waals surface area contributed by atoms with Crippen LogP contribution in [-0.2, 0) is 6.61 Å². The Morgan fingerprint density at radius 3 is 2.36 bits per heavy atom. The summed E-state index contributed by atoms with van der Waals surface area (Å²) in [6.07, 6.45) is 1.52. The lowest BCUT2D eigenvalue weighted by Crippen LogP contribution is -2.18. The standard InChI is InChI=1S/C27H21BrCl2N2O4/c1-34-24-13-19-6-4-3-5-18(19)12-20(24)27(33)32-31-14-17-9-21(28)26(25(11-17)35-2)36-15-16-7-8-22(29)23(30)10-16/h3-14H,15H2,1-2H3,(H,32,33)/b31-14-. The number of carbonyl (C=O) groups is 1. The summed E-state index contributed by atoms with van der Waals surface area (Å²) >= 11 is 15.6. The van der Waals surface area contributed by atoms with Crippen LogP contribution in [0.5, 0.6) is 17.2 Å². The van der Waals surface area contributed by atoms with Crippen LogP contribution in [0.25, 0.3) is 10.8 Å². The number of methoxy groups -OCH3 is 2. The fourth-order valence-corrected chi connectivity index (χ4v) is 4.43. The van der Waals surface area contributed by atoms with Crippen molar-refractivity contribution in [3.63, 3.8) is 0 Å². The van der Waals surface area contributed by atoms with Crippen molar-refractivity contribution in [3.05, 3.63) is 97.9 Å². The van der Waals surface area contributed by atoms with Gasteiger partial charge in [-0.15, -0.1) is 0 Å². The fraction of sp³-hybridized carbons (Fsp3) is 0.111. The van der Waals surface area contributed by atoms with Crippen LogP contribution in [0.15, 0.2) is 76.3 Å². The van der Waals surface area contributed by atoms with Gasteiger partial charge in [-0.3, -0.25) is 4.79 Å². The third-order valence-corrected chi connectivity index (χ3v) is 6.64. The van der Waals surface area contributed by atoms with Crippen molar-refractivity contribution in [2.75, 3.05) is 14.2 Å². The first kappa shape index (κ1) is 25.8. The maximum atomic E-state index is 12.8. The molecule has 1 N–H and O–H groups in total. The molecule has 0 saturated heterocycles. The van der Waals surface area contributed by atoms with Gasteiger partial charge in [0, 0.05) is 0 Å². The van der Waals surface area contributed by atoms with E-state index in [0.29, 0.717) is 42.9 Å². The highest BCUT2D eigenvalue weighted by atomic mass is 79.9. The average molecular weight is 588 g/mol. The maximum absolute atomic E-state index is 12.8. The second-order valence-electron chi connectivity index (χ2n) is 7.67. The largest absolute Gasteiger partial charge is 0.496 e. The number of nitrogens with one attached hydrogen (secondary N) is 1. The molecule has 0 aliphatic heterocycles. The number of carbonyl (C=O) groups excluding carboxylic acids is 1. The summed E-state index contributed by atoms with van der Waals surface area (Å²) in [6.45, 7) is 0.267. The fourth-order valence-electron chi connectivity index (χ4n) is 3.53. The second kappa shape index (κ2) is 11.6. The Bertz CT molecular complexity index is 1460. The Kier molecular flexibility index (Phi) is 8.36. The lowest BCUT2D eigenvalue weighted by atomic mass is 10.1. The molecular formula is C27H21BrCl2N2O4. The zero-order chi connectivity index (χ0) is 25.7. The van der Waals surface area contributed by atoms with E-state index >= 15 is 0 Å². The smallest absolute Gasteiger partial charge is 0.275 e. The normalized spacial score (nSPS) is 11.0. The summed E-state index contributed by atoms with van der Waals surface area (Å²) < 4.78 is 17.5. The number of ether oxygens (including phenoxy) is 3. The molecule has 36 heavy (non-hydrogen) atoms. The molecule has 0 aliphatic rings. The molecule has 0 atom stereocenters. The molecular weight excluding hydrogens is 567 g/mol. The van der Waals surface area contributed by atoms with E-state index in [1.165, 1.54) is 13.3 Å². The molecule has 184 valence electrons. The van der Waals surface area contributed by atoms with Crippen molar-refractivity contribution in [1.82, 2.24) is 5.43 Å². The minimum atomic E-state index is -0.388. The number of hydrogen-bond donors (Lipinski definition) is 1. The van der Waals surface area contributed by atoms with E-state index in [1.54, 1.807) is 37.4 Å². The van der Waals surface area contributed by atoms with E-state index in [2.05, 4.69) is 26.5 Å². The van der Waals surface area contributed by atoms with Crippen LogP contribution in [-0.4, -0.2) is 26.3 Å². The van der Waals surface area contributed by atoms with Gasteiger partial charge in [0.05, 0.1) is 40.5 Å². The third-order valence-electron chi connectivity index (χ3n) is 5.31. The first-order valence-electron chi connectivity index (χ1n) is 10.7. The van der Waals surface area contributed by atoms with Crippen molar-refractivity contribution in [3.8, 4) is 17.2 Å². The van der Waals surface area contributed by atoms with E-state index in [4.69, 9.17) is 37.4 Å². The number of amides is 1. The van der Waals surface area contributed by atoms with Gasteiger partial charge in [-0.1, -0.05) is 53.5 Å². The topological polar surface area (TPSA) is 69.2 Å². The third kappa shape index (κ3) is 5.93. The summed E-state index contributed by atoms with van der Waals surface area (Å²) in [5.74, 6) is 1.09. The summed E-state index contributed by atoms with van der Waals surface area (Å²) in [5, 5.41) is 6.95. The van der Waals surface area contributed by atoms with Gasteiger partial charge in [0.2, 0.25) is 0 Å². The lowest BCUT2D eigenvalue weighted by Gasteiger charge is -2.14. The Morgan fingerprint density at radius 1 is 0.944 bits per heavy atom. The molecule has 0 radical (unpaired) electrons. The summed E-state index contributed by atoms with van der Waals surface area (Å²) in [5.41, 5.74) is 4.49. The average Bonchev–Trinajstić information content (AvgIpc) is 2.88. The predicted octanol–water partition coefficient (Wildman–Crippen LogP) is 7.27. The van der Waals surface area contributed by atoms with Gasteiger partial charge in [0.1, 0.15) is 12.4 Å². The molecule has 0 saturated carbocycles. The summed E-state index contributed by atoms with van der Waals surface area (Å²) in [4.78, 5) is 12.8. The van der Waals surface area contributed by atoms with Gasteiger partial charge in [-0.2, -0.15) is 5.10 Å². The summed E-state index contributed by atoms with van der Waals surface area (Å²) in [6, 6.07) is 20.2. The van der Waals surface area contributed by atoms with E-state index < -0.39 is 0 Å². The number of hydrogen-bond acceptors (Lipinski definition) is 5. The Labute approximate surface area is 226 Å². The zero-order valence-electron chi connectivity index (χ0n) is 19.3. The predicted molar refractivity (Wildman–Crippen MR) is 147 cm³/mol. The van der Waals surface area contributed by atoms with Crippen molar-refractivity contribution in [2.45, 2.75) is 6.61 Å². The highest BCUT2D eigenvalue weighted by molar-refractivity contribution is 9.10. The molecule has 4 aromatic carbocycles. The van der Waals surface area contributed by atoms with E-state index in [1.807, 2.05) is 36.4 Å². The molecule has 0 bridgehead atoms. The van der Waals surface area contributed by atoms with Gasteiger partial charge in [0.25, 0.3) is 5.91 Å². The lowest BCUT2D eigenvalue weighted by molar-refractivity contribution is 0.0952. The Morgan fingerprint density at radius 2 is 1.67 bits per heavy atom. The first-order chi connectivity index (χ1) is 17.4. The van der Waals surface area contributed by atoms with Crippen LogP contribution in [0.3, 0.4) is 0 Å². The van der Waals surface area contributed by atoms with Crippen LogP contribution in [0.4, 0.5) is 0 Å². The Hall–Kier alpha value is -3.26. The molecule has 0 heterocycles. The van der Waals surface area contributed by atoms with E-state index in [9.17, 15) is 4.79 Å². The van der Waals surface area contributed by atoms with Crippen LogP contribution in [0.2, 0.25) is 10.0 Å². The number of rotatable bonds is 8. The van der Waals surface area contributed by atoms with Crippen LogP contribution in [0, 0.1) is 0 Å². The molecule has 0 unspecified atom stereocenters. The number of hydrazone groups is 1. The molecule has 0 aromatic heterocycles. The first-order valence-corrected chi connectivity index (χ1v) is 12.3. The molecule has 9 heteroatoms. The molecule has 4 rings (SSSR count). The van der Waals surface area contributed by atoms with Crippen LogP contribution >= 0.6 is 39.1 Å². The highest BCUT2D eigenvalue weighted by Crippen LogP contribution is 2.37. The van der Waals surface area contributed by atoms with Crippen LogP contribution < -0.4 is 19.6 Å². The maximum Gasteiger partial charge on any atom is 0.275 e. The van der Waals surface area contributed by atoms with Gasteiger partial charge < -0.3 is 14.2 Å². The van der Waals surface area contributed by atoms with E-state index in [-0.39, 0.29) is 12.5 Å². The van der Waals surface area contributed by atoms with Gasteiger partial charge in [-0.25, -0.2) is 5.43 Å².